The molecule has 0 aliphatic heterocycles. The lowest BCUT2D eigenvalue weighted by Crippen LogP contribution is -2.15. The first kappa shape index (κ1) is 14.9. The van der Waals surface area contributed by atoms with Crippen LogP contribution in [0.25, 0.3) is 0 Å². The molecule has 112 valence electrons. The van der Waals surface area contributed by atoms with Gasteiger partial charge in [-0.1, -0.05) is 26.0 Å². The summed E-state index contributed by atoms with van der Waals surface area (Å²) in [5, 5.41) is 9.60. The van der Waals surface area contributed by atoms with Gasteiger partial charge in [-0.05, 0) is 25.0 Å². The molecular formula is C15H20N4O2. The number of hydrogen-bond acceptors (Lipinski definition) is 4. The van der Waals surface area contributed by atoms with E-state index < -0.39 is 0 Å². The van der Waals surface area contributed by atoms with E-state index in [0.717, 1.165) is 5.69 Å². The number of amides is 1. The van der Waals surface area contributed by atoms with E-state index in [4.69, 9.17) is 10.5 Å². The van der Waals surface area contributed by atoms with Crippen LogP contribution in [-0.4, -0.2) is 22.7 Å². The van der Waals surface area contributed by atoms with Gasteiger partial charge in [0.25, 0.3) is 5.91 Å². The standard InChI is InChI=1S/C15H20N4O2/c1-4-21-11-8-6-5-7-10(11)17-15(20)14-12(16)13(9(2)3)18-19-14/h5-9H,4,16H2,1-3H3,(H,17,20)(H,18,19). The summed E-state index contributed by atoms with van der Waals surface area (Å²) in [6, 6.07) is 7.24. The molecule has 0 radical (unpaired) electrons. The van der Waals surface area contributed by atoms with Crippen molar-refractivity contribution in [1.82, 2.24) is 10.2 Å². The molecule has 1 heterocycles. The predicted molar refractivity (Wildman–Crippen MR) is 82.7 cm³/mol. The van der Waals surface area contributed by atoms with E-state index in [1.807, 2.05) is 32.9 Å². The quantitative estimate of drug-likeness (QED) is 0.788. The number of ether oxygens (including phenoxy) is 1. The molecule has 0 bridgehead atoms. The number of rotatable bonds is 5. The highest BCUT2D eigenvalue weighted by Gasteiger charge is 2.19. The molecule has 0 saturated carbocycles. The summed E-state index contributed by atoms with van der Waals surface area (Å²) in [5.74, 6) is 0.434. The summed E-state index contributed by atoms with van der Waals surface area (Å²) in [4.78, 5) is 12.3. The molecule has 1 aromatic carbocycles. The Morgan fingerprint density at radius 3 is 2.76 bits per heavy atom. The topological polar surface area (TPSA) is 93.0 Å². The van der Waals surface area contributed by atoms with Crippen molar-refractivity contribution in [2.24, 2.45) is 0 Å². The highest BCUT2D eigenvalue weighted by atomic mass is 16.5. The monoisotopic (exact) mass is 288 g/mol. The molecule has 0 saturated heterocycles. The van der Waals surface area contributed by atoms with Crippen LogP contribution in [0.15, 0.2) is 24.3 Å². The molecule has 0 spiro atoms. The third-order valence-corrected chi connectivity index (χ3v) is 3.06. The van der Waals surface area contributed by atoms with E-state index in [2.05, 4.69) is 15.5 Å². The second kappa shape index (κ2) is 6.30. The van der Waals surface area contributed by atoms with Crippen molar-refractivity contribution < 1.29 is 9.53 Å². The third kappa shape index (κ3) is 3.16. The molecule has 1 aromatic heterocycles. The minimum absolute atomic E-state index is 0.176. The van der Waals surface area contributed by atoms with Crippen molar-refractivity contribution >= 4 is 17.3 Å². The van der Waals surface area contributed by atoms with E-state index >= 15 is 0 Å². The zero-order chi connectivity index (χ0) is 15.4. The Labute approximate surface area is 123 Å². The average molecular weight is 288 g/mol. The molecule has 0 aliphatic carbocycles. The normalized spacial score (nSPS) is 10.7. The molecule has 6 nitrogen and oxygen atoms in total. The number of benzene rings is 1. The van der Waals surface area contributed by atoms with E-state index in [9.17, 15) is 4.79 Å². The van der Waals surface area contributed by atoms with Crippen LogP contribution in [0.4, 0.5) is 11.4 Å². The van der Waals surface area contributed by atoms with Gasteiger partial charge in [-0.25, -0.2) is 0 Å². The Morgan fingerprint density at radius 1 is 1.43 bits per heavy atom. The van der Waals surface area contributed by atoms with Gasteiger partial charge in [0.2, 0.25) is 0 Å². The lowest BCUT2D eigenvalue weighted by molar-refractivity contribution is 0.102. The zero-order valence-corrected chi connectivity index (χ0v) is 12.4. The first-order valence-electron chi connectivity index (χ1n) is 6.91. The number of H-pyrrole nitrogens is 1. The van der Waals surface area contributed by atoms with Gasteiger partial charge in [0.1, 0.15) is 5.75 Å². The van der Waals surface area contributed by atoms with Crippen molar-refractivity contribution in [3.8, 4) is 5.75 Å². The molecule has 2 aromatic rings. The number of nitrogens with zero attached hydrogens (tertiary/aromatic N) is 1. The van der Waals surface area contributed by atoms with Crippen molar-refractivity contribution in [3.05, 3.63) is 35.7 Å². The van der Waals surface area contributed by atoms with E-state index in [1.54, 1.807) is 12.1 Å². The second-order valence-corrected chi connectivity index (χ2v) is 4.94. The Bertz CT molecular complexity index is 634. The van der Waals surface area contributed by atoms with Crippen molar-refractivity contribution in [2.45, 2.75) is 26.7 Å². The number of para-hydroxylation sites is 2. The lowest BCUT2D eigenvalue weighted by Gasteiger charge is -2.10. The summed E-state index contributed by atoms with van der Waals surface area (Å²) < 4.78 is 5.47. The van der Waals surface area contributed by atoms with Gasteiger partial charge >= 0.3 is 0 Å². The van der Waals surface area contributed by atoms with Crippen molar-refractivity contribution in [1.29, 1.82) is 0 Å². The second-order valence-electron chi connectivity index (χ2n) is 4.94. The molecule has 1 amide bonds. The fourth-order valence-electron chi connectivity index (χ4n) is 2.01. The van der Waals surface area contributed by atoms with Crippen LogP contribution in [0.2, 0.25) is 0 Å². The van der Waals surface area contributed by atoms with Gasteiger partial charge in [-0.3, -0.25) is 9.89 Å². The maximum absolute atomic E-state index is 12.3. The van der Waals surface area contributed by atoms with Gasteiger partial charge < -0.3 is 15.8 Å². The van der Waals surface area contributed by atoms with E-state index in [1.165, 1.54) is 0 Å². The van der Waals surface area contributed by atoms with E-state index in [0.29, 0.717) is 23.7 Å². The van der Waals surface area contributed by atoms with Crippen molar-refractivity contribution in [2.75, 3.05) is 17.7 Å². The number of nitrogen functional groups attached to an aromatic ring is 1. The van der Waals surface area contributed by atoms with Crippen LogP contribution < -0.4 is 15.8 Å². The largest absolute Gasteiger partial charge is 0.492 e. The average Bonchev–Trinajstić information content (AvgIpc) is 2.83. The third-order valence-electron chi connectivity index (χ3n) is 3.06. The summed E-state index contributed by atoms with van der Waals surface area (Å²) in [6.07, 6.45) is 0. The Morgan fingerprint density at radius 2 is 2.14 bits per heavy atom. The van der Waals surface area contributed by atoms with Crippen molar-refractivity contribution in [3.63, 3.8) is 0 Å². The first-order chi connectivity index (χ1) is 10.0. The summed E-state index contributed by atoms with van der Waals surface area (Å²) in [7, 11) is 0. The SMILES string of the molecule is CCOc1ccccc1NC(=O)c1n[nH]c(C(C)C)c1N. The molecule has 0 atom stereocenters. The summed E-state index contributed by atoms with van der Waals surface area (Å²) >= 11 is 0. The van der Waals surface area contributed by atoms with Gasteiger partial charge in [-0.15, -0.1) is 0 Å². The Kier molecular flexibility index (Phi) is 4.47. The number of nitrogens with one attached hydrogen (secondary N) is 2. The van der Waals surface area contributed by atoms with Gasteiger partial charge in [0, 0.05) is 0 Å². The Balaban J connectivity index is 2.23. The maximum atomic E-state index is 12.3. The fourth-order valence-corrected chi connectivity index (χ4v) is 2.01. The highest BCUT2D eigenvalue weighted by molar-refractivity contribution is 6.07. The number of hydrogen-bond donors (Lipinski definition) is 3. The minimum Gasteiger partial charge on any atom is -0.492 e. The van der Waals surface area contributed by atoms with E-state index in [-0.39, 0.29) is 17.5 Å². The number of carbonyl (C=O) groups excluding carboxylic acids is 1. The molecule has 4 N–H and O–H groups in total. The van der Waals surface area contributed by atoms with Crippen LogP contribution >= 0.6 is 0 Å². The summed E-state index contributed by atoms with van der Waals surface area (Å²) in [6.45, 7) is 6.38. The lowest BCUT2D eigenvalue weighted by atomic mass is 10.1. The molecule has 0 unspecified atom stereocenters. The van der Waals surface area contributed by atoms with Crippen LogP contribution in [0.1, 0.15) is 42.9 Å². The molecule has 0 aliphatic rings. The molecular weight excluding hydrogens is 268 g/mol. The van der Waals surface area contributed by atoms with Gasteiger partial charge in [0.05, 0.1) is 23.7 Å². The smallest absolute Gasteiger partial charge is 0.278 e. The first-order valence-corrected chi connectivity index (χ1v) is 6.91. The highest BCUT2D eigenvalue weighted by Crippen LogP contribution is 2.26. The predicted octanol–water partition coefficient (Wildman–Crippen LogP) is 2.77. The number of anilines is 2. The number of carbonyl (C=O) groups is 1. The molecule has 6 heteroatoms. The van der Waals surface area contributed by atoms with Crippen LogP contribution in [0.3, 0.4) is 0 Å². The van der Waals surface area contributed by atoms with Gasteiger partial charge in [0.15, 0.2) is 5.69 Å². The molecule has 0 fully saturated rings. The number of aromatic amines is 1. The van der Waals surface area contributed by atoms with Crippen LogP contribution in [-0.2, 0) is 0 Å². The zero-order valence-electron chi connectivity index (χ0n) is 12.4. The maximum Gasteiger partial charge on any atom is 0.278 e. The molecule has 21 heavy (non-hydrogen) atoms. The van der Waals surface area contributed by atoms with Crippen LogP contribution in [0.5, 0.6) is 5.75 Å². The number of nitrogens with two attached hydrogens (primary N) is 1. The Hall–Kier alpha value is -2.50. The summed E-state index contributed by atoms with van der Waals surface area (Å²) in [5.41, 5.74) is 7.91. The van der Waals surface area contributed by atoms with Crippen LogP contribution in [0, 0.1) is 0 Å². The molecule has 2 rings (SSSR count). The van der Waals surface area contributed by atoms with Gasteiger partial charge in [-0.2, -0.15) is 5.10 Å². The number of aromatic nitrogens is 2. The fraction of sp³-hybridized carbons (Fsp3) is 0.333. The minimum atomic E-state index is -0.359.